The van der Waals surface area contributed by atoms with Crippen molar-refractivity contribution >= 4 is 41.1 Å². The normalized spacial score (nSPS) is 31.3. The number of alkyl carbamates (subject to hydrolysis) is 1. The van der Waals surface area contributed by atoms with Crippen molar-refractivity contribution in [3.05, 3.63) is 33.6 Å². The summed E-state index contributed by atoms with van der Waals surface area (Å²) in [5.74, 6) is -0.117. The monoisotopic (exact) mass is 752 g/mol. The third kappa shape index (κ3) is 6.38. The zero-order valence-corrected chi connectivity index (χ0v) is 31.5. The number of hydrogen-bond donors (Lipinski definition) is 4. The first-order chi connectivity index (χ1) is 25.5. The number of anilines is 2. The number of fused-ring (bicyclic) bond motifs is 2. The average Bonchev–Trinajstić information content (AvgIpc) is 3.75. The van der Waals surface area contributed by atoms with Gasteiger partial charge in [-0.3, -0.25) is 4.90 Å². The lowest BCUT2D eigenvalue weighted by Gasteiger charge is -2.51. The number of nitrogens with zero attached hydrogens (tertiary/aromatic N) is 4. The number of carbonyl (C=O) groups excluding carboxylic acids is 1. The maximum Gasteiger partial charge on any atom is 0.407 e. The molecule has 5 aliphatic heterocycles. The topological polar surface area (TPSA) is 160 Å². The molecule has 286 valence electrons. The van der Waals surface area contributed by atoms with E-state index in [0.717, 1.165) is 70.7 Å². The number of benzene rings is 1. The molecular weight excluding hydrogens is 703 g/mol. The fourth-order valence-electron chi connectivity index (χ4n) is 9.97. The standard InChI is InChI=1S/C38H50ClFN8O5/c1-21-15-25(42)24(17-41)27(29(21)39)31-30(40)32-28(34(44-31)50-3)33(47-12-6-11-38(19-47)18-43-36(49)53-38)46-35(45-32)52-20-37-9-4-7-26(37)48(13-5-10-37)23-8-14-51-22(2)16-23/h15,17,22-23,26,35,41,45H,4-14,16,18-20,42H2,1-3H3,(H,43,49)/t22-,23+,26+,35?,37+,38-/m0/s1. The van der Waals surface area contributed by atoms with Crippen molar-refractivity contribution in [1.29, 1.82) is 5.41 Å². The summed E-state index contributed by atoms with van der Waals surface area (Å²) in [5.41, 5.74) is 7.26. The summed E-state index contributed by atoms with van der Waals surface area (Å²) in [6.45, 7) is 7.61. The molecule has 5 fully saturated rings. The zero-order chi connectivity index (χ0) is 37.1. The number of aromatic nitrogens is 1. The molecule has 1 aliphatic carbocycles. The Morgan fingerprint density at radius 1 is 1.21 bits per heavy atom. The van der Waals surface area contributed by atoms with E-state index in [2.05, 4.69) is 27.4 Å². The van der Waals surface area contributed by atoms with Crippen LogP contribution in [0.25, 0.3) is 11.3 Å². The molecule has 13 nitrogen and oxygen atoms in total. The Bertz CT molecular complexity index is 1830. The highest BCUT2D eigenvalue weighted by atomic mass is 35.5. The summed E-state index contributed by atoms with van der Waals surface area (Å²) in [6.07, 6.45) is 8.93. The van der Waals surface area contributed by atoms with Crippen molar-refractivity contribution in [3.8, 4) is 17.1 Å². The number of ether oxygens (including phenoxy) is 4. The van der Waals surface area contributed by atoms with Gasteiger partial charge in [-0.25, -0.2) is 19.2 Å². The second-order valence-corrected chi connectivity index (χ2v) is 16.1. The Balaban J connectivity index is 1.18. The van der Waals surface area contributed by atoms with Crippen LogP contribution in [0, 0.1) is 23.6 Å². The van der Waals surface area contributed by atoms with Gasteiger partial charge in [0.15, 0.2) is 5.82 Å². The Morgan fingerprint density at radius 3 is 2.77 bits per heavy atom. The molecule has 8 rings (SSSR count). The van der Waals surface area contributed by atoms with E-state index in [4.69, 9.17) is 46.7 Å². The predicted molar refractivity (Wildman–Crippen MR) is 201 cm³/mol. The number of likely N-dealkylation sites (tertiary alicyclic amines) is 2. The van der Waals surface area contributed by atoms with E-state index in [1.807, 2.05) is 4.90 Å². The number of carbonyl (C=O) groups is 1. The summed E-state index contributed by atoms with van der Waals surface area (Å²) in [6, 6.07) is 2.56. The number of halogens is 2. The van der Waals surface area contributed by atoms with Gasteiger partial charge in [0.05, 0.1) is 43.6 Å². The first-order valence-corrected chi connectivity index (χ1v) is 19.4. The Labute approximate surface area is 314 Å². The molecule has 1 aromatic heterocycles. The molecule has 4 saturated heterocycles. The van der Waals surface area contributed by atoms with Gasteiger partial charge in [0.2, 0.25) is 12.2 Å². The summed E-state index contributed by atoms with van der Waals surface area (Å²) < 4.78 is 41.7. The van der Waals surface area contributed by atoms with Crippen molar-refractivity contribution in [2.45, 2.75) is 102 Å². The van der Waals surface area contributed by atoms with Crippen LogP contribution >= 0.6 is 11.6 Å². The van der Waals surface area contributed by atoms with E-state index in [-0.39, 0.29) is 50.6 Å². The molecule has 1 amide bonds. The van der Waals surface area contributed by atoms with Crippen LogP contribution in [0.2, 0.25) is 5.02 Å². The molecule has 1 saturated carbocycles. The van der Waals surface area contributed by atoms with Gasteiger partial charge in [-0.05, 0) is 83.4 Å². The van der Waals surface area contributed by atoms with Gasteiger partial charge in [-0.2, -0.15) is 0 Å². The molecule has 0 radical (unpaired) electrons. The summed E-state index contributed by atoms with van der Waals surface area (Å²) >= 11 is 6.82. The quantitative estimate of drug-likeness (QED) is 0.205. The van der Waals surface area contributed by atoms with Crippen LogP contribution in [0.5, 0.6) is 5.88 Å². The van der Waals surface area contributed by atoms with Crippen LogP contribution in [0.3, 0.4) is 0 Å². The summed E-state index contributed by atoms with van der Waals surface area (Å²) in [7, 11) is 1.47. The van der Waals surface area contributed by atoms with Crippen molar-refractivity contribution < 1.29 is 28.1 Å². The van der Waals surface area contributed by atoms with Gasteiger partial charge in [-0.1, -0.05) is 18.0 Å². The molecule has 15 heteroatoms. The molecule has 0 bridgehead atoms. The molecule has 6 atom stereocenters. The minimum atomic E-state index is -0.927. The number of aliphatic imine (C=N–C) groups is 1. The number of hydrogen-bond acceptors (Lipinski definition) is 12. The van der Waals surface area contributed by atoms with Crippen LogP contribution in [0.4, 0.5) is 20.6 Å². The second kappa shape index (κ2) is 14.2. The van der Waals surface area contributed by atoms with Crippen LogP contribution in [0.1, 0.15) is 81.4 Å². The lowest BCUT2D eigenvalue weighted by Crippen LogP contribution is -2.57. The third-order valence-electron chi connectivity index (χ3n) is 12.4. The third-order valence-corrected chi connectivity index (χ3v) is 12.9. The van der Waals surface area contributed by atoms with E-state index in [9.17, 15) is 4.79 Å². The van der Waals surface area contributed by atoms with Gasteiger partial charge >= 0.3 is 6.09 Å². The molecule has 53 heavy (non-hydrogen) atoms. The Kier molecular flexibility index (Phi) is 9.69. The highest BCUT2D eigenvalue weighted by Crippen LogP contribution is 2.50. The minimum absolute atomic E-state index is 0.0402. The largest absolute Gasteiger partial charge is 0.480 e. The van der Waals surface area contributed by atoms with Gasteiger partial charge in [0.25, 0.3) is 0 Å². The number of amides is 1. The maximum absolute atomic E-state index is 17.3. The Morgan fingerprint density at radius 2 is 2.02 bits per heavy atom. The lowest BCUT2D eigenvalue weighted by atomic mass is 9.74. The maximum atomic E-state index is 17.3. The summed E-state index contributed by atoms with van der Waals surface area (Å²) in [5, 5.41) is 14.5. The number of amidine groups is 1. The number of rotatable bonds is 7. The van der Waals surface area contributed by atoms with Crippen LogP contribution in [-0.2, 0) is 14.2 Å². The lowest BCUT2D eigenvalue weighted by molar-refractivity contribution is -0.0896. The molecule has 1 spiro atoms. The number of nitrogens with two attached hydrogens (primary N) is 1. The first kappa shape index (κ1) is 36.3. The number of aryl methyl sites for hydroxylation is 1. The molecule has 2 aromatic rings. The van der Waals surface area contributed by atoms with E-state index in [0.29, 0.717) is 61.7 Å². The van der Waals surface area contributed by atoms with Gasteiger partial charge in [0.1, 0.15) is 22.7 Å². The van der Waals surface area contributed by atoms with Crippen molar-refractivity contribution in [2.24, 2.45) is 10.4 Å². The number of nitrogens with one attached hydrogen (secondary N) is 3. The fourth-order valence-corrected chi connectivity index (χ4v) is 10.2. The average molecular weight is 753 g/mol. The van der Waals surface area contributed by atoms with E-state index >= 15 is 4.39 Å². The van der Waals surface area contributed by atoms with Gasteiger partial charge in [-0.15, -0.1) is 0 Å². The molecule has 6 heterocycles. The van der Waals surface area contributed by atoms with Crippen molar-refractivity contribution in [3.63, 3.8) is 0 Å². The van der Waals surface area contributed by atoms with Gasteiger partial charge < -0.3 is 45.6 Å². The van der Waals surface area contributed by atoms with Crippen molar-refractivity contribution in [1.82, 2.24) is 20.1 Å². The minimum Gasteiger partial charge on any atom is -0.480 e. The van der Waals surface area contributed by atoms with Crippen molar-refractivity contribution in [2.75, 3.05) is 57.6 Å². The molecule has 5 N–H and O–H groups in total. The van der Waals surface area contributed by atoms with Crippen LogP contribution in [0.15, 0.2) is 11.1 Å². The Hall–Kier alpha value is -3.72. The van der Waals surface area contributed by atoms with Crippen LogP contribution < -0.4 is 21.1 Å². The number of nitrogen functional groups attached to an aromatic ring is 1. The second-order valence-electron chi connectivity index (χ2n) is 15.7. The zero-order valence-electron chi connectivity index (χ0n) is 30.7. The van der Waals surface area contributed by atoms with E-state index in [1.54, 1.807) is 13.0 Å². The first-order valence-electron chi connectivity index (χ1n) is 19.0. The number of methoxy groups -OCH3 is 1. The number of piperidine rings is 2. The smallest absolute Gasteiger partial charge is 0.407 e. The highest BCUT2D eigenvalue weighted by molar-refractivity contribution is 6.35. The molecular formula is C38H50ClFN8O5. The molecule has 1 aromatic carbocycles. The predicted octanol–water partition coefficient (Wildman–Crippen LogP) is 5.69. The highest BCUT2D eigenvalue weighted by Gasteiger charge is 2.51. The van der Waals surface area contributed by atoms with Crippen LogP contribution in [-0.4, -0.2) is 110 Å². The van der Waals surface area contributed by atoms with Gasteiger partial charge in [0, 0.05) is 53.7 Å². The van der Waals surface area contributed by atoms with E-state index < -0.39 is 23.9 Å². The SMILES string of the molecule is COc1nc(-c2c(Cl)c(C)cc(N)c2C=N)c(F)c2c1C(N1CCC[C@]3(CNC(=O)O3)C1)=NC(OC[C@]13CCC[C@H]1N([C@@H]1CCO[C@@H](C)C1)CCC3)N2. The number of pyridine rings is 1. The molecule has 6 aliphatic rings. The molecule has 1 unspecified atom stereocenters. The fraction of sp³-hybridized carbons (Fsp3) is 0.632. The van der Waals surface area contributed by atoms with E-state index in [1.165, 1.54) is 7.11 Å². The summed E-state index contributed by atoms with van der Waals surface area (Å²) in [4.78, 5) is 26.8.